The first-order valence-electron chi connectivity index (χ1n) is 6.66. The number of anilines is 1. The Morgan fingerprint density at radius 1 is 1.14 bits per heavy atom. The topological polar surface area (TPSA) is 66.5 Å². The van der Waals surface area contributed by atoms with E-state index >= 15 is 0 Å². The zero-order chi connectivity index (χ0) is 14.8. The standard InChI is InChI=1S/C14H20N2O3S.2ClH/c1-16-9-7-12(8-10-16)14(17)11-3-5-13(6-4-11)15-20(2,18)19;;/h3-6,12,15H,7-10H2,1-2H3;2*1H. The smallest absolute Gasteiger partial charge is 0.229 e. The molecule has 0 aromatic heterocycles. The number of carbonyl (C=O) groups excluding carboxylic acids is 1. The van der Waals surface area contributed by atoms with E-state index in [0.29, 0.717) is 11.3 Å². The number of Topliss-reactive ketones (excluding diaryl/α,β-unsaturated/α-hetero) is 1. The minimum Gasteiger partial charge on any atom is -0.306 e. The number of halogens is 2. The van der Waals surface area contributed by atoms with Crippen molar-refractivity contribution in [3.8, 4) is 0 Å². The van der Waals surface area contributed by atoms with Gasteiger partial charge < -0.3 is 4.90 Å². The predicted molar refractivity (Wildman–Crippen MR) is 94.0 cm³/mol. The highest BCUT2D eigenvalue weighted by molar-refractivity contribution is 7.92. The normalized spacial score (nSPS) is 16.3. The minimum absolute atomic E-state index is 0. The molecule has 0 bridgehead atoms. The maximum atomic E-state index is 12.3. The molecule has 0 radical (unpaired) electrons. The molecule has 1 fully saturated rings. The summed E-state index contributed by atoms with van der Waals surface area (Å²) >= 11 is 0. The first kappa shape index (κ1) is 21.2. The van der Waals surface area contributed by atoms with Gasteiger partial charge in [-0.2, -0.15) is 0 Å². The number of ketones is 1. The highest BCUT2D eigenvalue weighted by Gasteiger charge is 2.24. The molecule has 0 amide bonds. The summed E-state index contributed by atoms with van der Waals surface area (Å²) < 4.78 is 24.6. The number of nitrogens with one attached hydrogen (secondary N) is 1. The van der Waals surface area contributed by atoms with Crippen LogP contribution in [0.5, 0.6) is 0 Å². The molecule has 0 aliphatic carbocycles. The Labute approximate surface area is 144 Å². The van der Waals surface area contributed by atoms with Gasteiger partial charge in [-0.1, -0.05) is 0 Å². The molecule has 1 aliphatic heterocycles. The fourth-order valence-corrected chi connectivity index (χ4v) is 2.99. The Kier molecular flexibility index (Phi) is 8.39. The molecule has 1 aromatic rings. The van der Waals surface area contributed by atoms with E-state index in [4.69, 9.17) is 0 Å². The Morgan fingerprint density at radius 3 is 2.09 bits per heavy atom. The second-order valence-electron chi connectivity index (χ2n) is 5.39. The second-order valence-corrected chi connectivity index (χ2v) is 7.14. The lowest BCUT2D eigenvalue weighted by atomic mass is 9.89. The van der Waals surface area contributed by atoms with Crippen molar-refractivity contribution in [3.05, 3.63) is 29.8 Å². The molecule has 2 rings (SSSR count). The third-order valence-corrected chi connectivity index (χ3v) is 4.17. The van der Waals surface area contributed by atoms with E-state index in [1.54, 1.807) is 24.3 Å². The van der Waals surface area contributed by atoms with Gasteiger partial charge in [0.05, 0.1) is 6.26 Å². The van der Waals surface area contributed by atoms with E-state index in [1.807, 2.05) is 0 Å². The fraction of sp³-hybridized carbons (Fsp3) is 0.500. The Hall–Kier alpha value is -0.820. The second kappa shape index (κ2) is 8.72. The van der Waals surface area contributed by atoms with Crippen LogP contribution in [0.2, 0.25) is 0 Å². The monoisotopic (exact) mass is 368 g/mol. The molecule has 126 valence electrons. The lowest BCUT2D eigenvalue weighted by Crippen LogP contribution is -2.33. The van der Waals surface area contributed by atoms with Gasteiger partial charge in [-0.25, -0.2) is 8.42 Å². The van der Waals surface area contributed by atoms with E-state index in [-0.39, 0.29) is 36.5 Å². The van der Waals surface area contributed by atoms with Crippen molar-refractivity contribution in [2.45, 2.75) is 12.8 Å². The van der Waals surface area contributed by atoms with Crippen molar-refractivity contribution in [1.82, 2.24) is 4.90 Å². The average Bonchev–Trinajstić information content (AvgIpc) is 2.38. The van der Waals surface area contributed by atoms with Crippen molar-refractivity contribution < 1.29 is 13.2 Å². The largest absolute Gasteiger partial charge is 0.306 e. The molecule has 22 heavy (non-hydrogen) atoms. The molecular formula is C14H22Cl2N2O3S. The SMILES string of the molecule is CN1CCC(C(=O)c2ccc(NS(C)(=O)=O)cc2)CC1.Cl.Cl. The van der Waals surface area contributed by atoms with Crippen LogP contribution in [0, 0.1) is 5.92 Å². The molecule has 0 spiro atoms. The van der Waals surface area contributed by atoms with Crippen LogP contribution in [-0.2, 0) is 10.0 Å². The first-order valence-corrected chi connectivity index (χ1v) is 8.55. The highest BCUT2D eigenvalue weighted by atomic mass is 35.5. The molecule has 1 aliphatic rings. The zero-order valence-electron chi connectivity index (χ0n) is 12.6. The molecule has 0 unspecified atom stereocenters. The lowest BCUT2D eigenvalue weighted by molar-refractivity contribution is 0.0857. The van der Waals surface area contributed by atoms with Crippen LogP contribution in [0.3, 0.4) is 0 Å². The summed E-state index contributed by atoms with van der Waals surface area (Å²) in [4.78, 5) is 14.6. The Morgan fingerprint density at radius 2 is 1.64 bits per heavy atom. The van der Waals surface area contributed by atoms with Gasteiger partial charge in [0.15, 0.2) is 5.78 Å². The molecule has 1 N–H and O–H groups in total. The van der Waals surface area contributed by atoms with Gasteiger partial charge in [0, 0.05) is 17.2 Å². The maximum absolute atomic E-state index is 12.3. The molecule has 0 atom stereocenters. The molecule has 0 saturated carbocycles. The number of nitrogens with zero attached hydrogens (tertiary/aromatic N) is 1. The van der Waals surface area contributed by atoms with Crippen molar-refractivity contribution in [1.29, 1.82) is 0 Å². The van der Waals surface area contributed by atoms with Gasteiger partial charge in [0.1, 0.15) is 0 Å². The average molecular weight is 369 g/mol. The fourth-order valence-electron chi connectivity index (χ4n) is 2.42. The number of hydrogen-bond donors (Lipinski definition) is 1. The number of rotatable bonds is 4. The third-order valence-electron chi connectivity index (χ3n) is 3.56. The van der Waals surface area contributed by atoms with Gasteiger partial charge in [-0.05, 0) is 57.2 Å². The van der Waals surface area contributed by atoms with Gasteiger partial charge in [-0.15, -0.1) is 24.8 Å². The summed E-state index contributed by atoms with van der Waals surface area (Å²) in [6.45, 7) is 1.90. The van der Waals surface area contributed by atoms with Gasteiger partial charge in [0.2, 0.25) is 10.0 Å². The molecular weight excluding hydrogens is 347 g/mol. The summed E-state index contributed by atoms with van der Waals surface area (Å²) in [5, 5.41) is 0. The summed E-state index contributed by atoms with van der Waals surface area (Å²) in [7, 11) is -1.22. The number of carbonyl (C=O) groups is 1. The molecule has 1 aromatic carbocycles. The number of likely N-dealkylation sites (tertiary alicyclic amines) is 1. The van der Waals surface area contributed by atoms with Crippen molar-refractivity contribution >= 4 is 46.3 Å². The van der Waals surface area contributed by atoms with Crippen molar-refractivity contribution in [3.63, 3.8) is 0 Å². The van der Waals surface area contributed by atoms with Crippen molar-refractivity contribution in [2.75, 3.05) is 31.1 Å². The van der Waals surface area contributed by atoms with Crippen LogP contribution in [-0.4, -0.2) is 45.5 Å². The van der Waals surface area contributed by atoms with Crippen LogP contribution in [0.4, 0.5) is 5.69 Å². The van der Waals surface area contributed by atoms with Crippen LogP contribution in [0.25, 0.3) is 0 Å². The maximum Gasteiger partial charge on any atom is 0.229 e. The number of hydrogen-bond acceptors (Lipinski definition) is 4. The molecule has 5 nitrogen and oxygen atoms in total. The lowest BCUT2D eigenvalue weighted by Gasteiger charge is -2.28. The summed E-state index contributed by atoms with van der Waals surface area (Å²) in [6, 6.07) is 6.63. The first-order chi connectivity index (χ1) is 9.35. The van der Waals surface area contributed by atoms with E-state index in [9.17, 15) is 13.2 Å². The van der Waals surface area contributed by atoms with Gasteiger partial charge in [0.25, 0.3) is 0 Å². The van der Waals surface area contributed by atoms with Crippen molar-refractivity contribution in [2.24, 2.45) is 5.92 Å². The van der Waals surface area contributed by atoms with Crippen LogP contribution < -0.4 is 4.72 Å². The van der Waals surface area contributed by atoms with Gasteiger partial charge in [-0.3, -0.25) is 9.52 Å². The number of sulfonamides is 1. The van der Waals surface area contributed by atoms with Gasteiger partial charge >= 0.3 is 0 Å². The molecule has 8 heteroatoms. The summed E-state index contributed by atoms with van der Waals surface area (Å²) in [5.41, 5.74) is 1.13. The van der Waals surface area contributed by atoms with Crippen LogP contribution in [0.1, 0.15) is 23.2 Å². The zero-order valence-corrected chi connectivity index (χ0v) is 15.1. The van der Waals surface area contributed by atoms with E-state index < -0.39 is 10.0 Å². The summed E-state index contributed by atoms with van der Waals surface area (Å²) in [5.74, 6) is 0.240. The quantitative estimate of drug-likeness (QED) is 0.828. The van der Waals surface area contributed by atoms with E-state index in [0.717, 1.165) is 32.2 Å². The molecule has 1 saturated heterocycles. The third kappa shape index (κ3) is 6.12. The summed E-state index contributed by atoms with van der Waals surface area (Å²) in [6.07, 6.45) is 2.88. The van der Waals surface area contributed by atoms with E-state index in [1.165, 1.54) is 0 Å². The van der Waals surface area contributed by atoms with Crippen LogP contribution >= 0.6 is 24.8 Å². The van der Waals surface area contributed by atoms with E-state index in [2.05, 4.69) is 16.7 Å². The Bertz CT molecular complexity index is 583. The number of benzene rings is 1. The molecule has 1 heterocycles. The Balaban J connectivity index is 0.00000220. The predicted octanol–water partition coefficient (Wildman–Crippen LogP) is 2.43. The minimum atomic E-state index is -3.28. The number of piperidine rings is 1. The van der Waals surface area contributed by atoms with Crippen LogP contribution in [0.15, 0.2) is 24.3 Å². The highest BCUT2D eigenvalue weighted by Crippen LogP contribution is 2.22.